The highest BCUT2D eigenvalue weighted by Crippen LogP contribution is 2.22. The van der Waals surface area contributed by atoms with Crippen molar-refractivity contribution in [3.63, 3.8) is 0 Å². The lowest BCUT2D eigenvalue weighted by Gasteiger charge is -2.21. The third-order valence-corrected chi connectivity index (χ3v) is 5.80. The Morgan fingerprint density at radius 3 is 2.86 bits per heavy atom. The summed E-state index contributed by atoms with van der Waals surface area (Å²) in [6.07, 6.45) is 4.59. The summed E-state index contributed by atoms with van der Waals surface area (Å²) in [4.78, 5) is 10.6. The molecule has 0 bridgehead atoms. The Morgan fingerprint density at radius 1 is 1.48 bits per heavy atom. The zero-order valence-corrected chi connectivity index (χ0v) is 13.2. The van der Waals surface area contributed by atoms with E-state index >= 15 is 0 Å². The van der Waals surface area contributed by atoms with Crippen molar-refractivity contribution in [2.45, 2.75) is 30.7 Å². The summed E-state index contributed by atoms with van der Waals surface area (Å²) in [5.41, 5.74) is 0. The van der Waals surface area contributed by atoms with Crippen molar-refractivity contribution < 1.29 is 18.3 Å². The Kier molecular flexibility index (Phi) is 5.65. The number of nitrogens with zero attached hydrogens (tertiary/aromatic N) is 2. The van der Waals surface area contributed by atoms with Crippen molar-refractivity contribution in [2.24, 2.45) is 5.92 Å². The highest BCUT2D eigenvalue weighted by Gasteiger charge is 2.20. The highest BCUT2D eigenvalue weighted by molar-refractivity contribution is 7.99. The number of hydrogen-bond donors (Lipinski definition) is 2. The van der Waals surface area contributed by atoms with Crippen LogP contribution in [-0.2, 0) is 21.4 Å². The van der Waals surface area contributed by atoms with Crippen LogP contribution in [0.5, 0.6) is 0 Å². The molecule has 21 heavy (non-hydrogen) atoms. The van der Waals surface area contributed by atoms with Crippen molar-refractivity contribution in [1.29, 1.82) is 0 Å². The van der Waals surface area contributed by atoms with Gasteiger partial charge in [-0.25, -0.2) is 13.1 Å². The molecule has 0 atom stereocenters. The first kappa shape index (κ1) is 16.3. The number of carbonyl (C=O) groups is 1. The van der Waals surface area contributed by atoms with Crippen LogP contribution in [0.15, 0.2) is 17.3 Å². The molecular weight excluding hydrogens is 314 g/mol. The van der Waals surface area contributed by atoms with Crippen molar-refractivity contribution >= 4 is 27.8 Å². The fraction of sp³-hybridized carbons (Fsp3) is 0.667. The molecule has 118 valence electrons. The summed E-state index contributed by atoms with van der Waals surface area (Å²) in [5, 5.41) is 12.5. The van der Waals surface area contributed by atoms with Gasteiger partial charge in [-0.1, -0.05) is 0 Å². The van der Waals surface area contributed by atoms with Crippen LogP contribution in [-0.4, -0.2) is 47.3 Å². The average Bonchev–Trinajstić information content (AvgIpc) is 2.94. The van der Waals surface area contributed by atoms with Gasteiger partial charge in [0.05, 0.1) is 19.2 Å². The SMILES string of the molecule is O=C(O)CCn1cc(S(=O)(=O)NCC2CCSCC2)cn1. The summed E-state index contributed by atoms with van der Waals surface area (Å²) in [6, 6.07) is 0. The third kappa shape index (κ3) is 5.01. The van der Waals surface area contributed by atoms with E-state index in [1.54, 1.807) is 0 Å². The molecule has 0 aromatic carbocycles. The highest BCUT2D eigenvalue weighted by atomic mass is 32.2. The van der Waals surface area contributed by atoms with Gasteiger partial charge in [-0.2, -0.15) is 16.9 Å². The van der Waals surface area contributed by atoms with Gasteiger partial charge in [-0.05, 0) is 30.3 Å². The zero-order chi connectivity index (χ0) is 15.3. The van der Waals surface area contributed by atoms with Gasteiger partial charge in [-0.15, -0.1) is 0 Å². The largest absolute Gasteiger partial charge is 0.481 e. The molecule has 1 aliphatic rings. The van der Waals surface area contributed by atoms with Gasteiger partial charge in [0.1, 0.15) is 4.90 Å². The number of aryl methyl sites for hydroxylation is 1. The van der Waals surface area contributed by atoms with Gasteiger partial charge in [0, 0.05) is 12.7 Å². The third-order valence-electron chi connectivity index (χ3n) is 3.38. The van der Waals surface area contributed by atoms with E-state index in [4.69, 9.17) is 5.11 Å². The van der Waals surface area contributed by atoms with Crippen LogP contribution in [0.4, 0.5) is 0 Å². The molecule has 1 aliphatic heterocycles. The smallest absolute Gasteiger partial charge is 0.305 e. The molecule has 2 heterocycles. The second-order valence-corrected chi connectivity index (χ2v) is 7.98. The molecule has 0 amide bonds. The van der Waals surface area contributed by atoms with E-state index in [9.17, 15) is 13.2 Å². The summed E-state index contributed by atoms with van der Waals surface area (Å²) in [5.74, 6) is 1.62. The van der Waals surface area contributed by atoms with Crippen molar-refractivity contribution in [3.05, 3.63) is 12.4 Å². The second kappa shape index (κ2) is 7.28. The van der Waals surface area contributed by atoms with E-state index in [-0.39, 0.29) is 17.9 Å². The van der Waals surface area contributed by atoms with Crippen LogP contribution in [0.2, 0.25) is 0 Å². The Hall–Kier alpha value is -1.06. The normalized spacial score (nSPS) is 17.0. The molecule has 0 spiro atoms. The summed E-state index contributed by atoms with van der Waals surface area (Å²) < 4.78 is 28.2. The topological polar surface area (TPSA) is 101 Å². The maximum absolute atomic E-state index is 12.1. The molecule has 1 saturated heterocycles. The van der Waals surface area contributed by atoms with Gasteiger partial charge in [0.2, 0.25) is 10.0 Å². The Labute approximate surface area is 128 Å². The Balaban J connectivity index is 1.90. The molecule has 0 radical (unpaired) electrons. The molecule has 7 nitrogen and oxygen atoms in total. The van der Waals surface area contributed by atoms with Gasteiger partial charge < -0.3 is 5.11 Å². The van der Waals surface area contributed by atoms with Gasteiger partial charge in [0.25, 0.3) is 0 Å². The molecule has 0 saturated carbocycles. The number of carboxylic acids is 1. The molecule has 0 unspecified atom stereocenters. The van der Waals surface area contributed by atoms with Crippen LogP contribution in [0.3, 0.4) is 0 Å². The van der Waals surface area contributed by atoms with E-state index in [0.717, 1.165) is 24.3 Å². The van der Waals surface area contributed by atoms with Crippen LogP contribution in [0, 0.1) is 5.92 Å². The van der Waals surface area contributed by atoms with E-state index in [1.807, 2.05) is 11.8 Å². The molecule has 1 aromatic rings. The maximum Gasteiger partial charge on any atom is 0.305 e. The first-order chi connectivity index (χ1) is 9.97. The minimum Gasteiger partial charge on any atom is -0.481 e. The van der Waals surface area contributed by atoms with E-state index in [2.05, 4.69) is 9.82 Å². The number of thioether (sulfide) groups is 1. The quantitative estimate of drug-likeness (QED) is 0.764. The molecule has 9 heteroatoms. The predicted octanol–water partition coefficient (Wildman–Crippen LogP) is 0.779. The maximum atomic E-state index is 12.1. The molecule has 1 aromatic heterocycles. The van der Waals surface area contributed by atoms with Crippen LogP contribution in [0.25, 0.3) is 0 Å². The molecule has 1 fully saturated rings. The van der Waals surface area contributed by atoms with Crippen molar-refractivity contribution in [1.82, 2.24) is 14.5 Å². The van der Waals surface area contributed by atoms with E-state index < -0.39 is 16.0 Å². The van der Waals surface area contributed by atoms with Crippen LogP contribution >= 0.6 is 11.8 Å². The number of sulfonamides is 1. The lowest BCUT2D eigenvalue weighted by molar-refractivity contribution is -0.137. The first-order valence-corrected chi connectivity index (χ1v) is 9.43. The number of aromatic nitrogens is 2. The standard InChI is InChI=1S/C12H19N3O4S2/c16-12(17)1-4-15-9-11(8-13-15)21(18,19)14-7-10-2-5-20-6-3-10/h8-10,14H,1-7H2,(H,16,17). The van der Waals surface area contributed by atoms with Gasteiger partial charge in [0.15, 0.2) is 0 Å². The lowest BCUT2D eigenvalue weighted by Crippen LogP contribution is -2.30. The lowest BCUT2D eigenvalue weighted by atomic mass is 10.0. The van der Waals surface area contributed by atoms with Gasteiger partial charge >= 0.3 is 5.97 Å². The first-order valence-electron chi connectivity index (χ1n) is 6.79. The van der Waals surface area contributed by atoms with E-state index in [1.165, 1.54) is 17.1 Å². The monoisotopic (exact) mass is 333 g/mol. The number of aliphatic carboxylic acids is 1. The number of nitrogens with one attached hydrogen (secondary N) is 1. The predicted molar refractivity (Wildman–Crippen MR) is 79.7 cm³/mol. The van der Waals surface area contributed by atoms with Crippen LogP contribution < -0.4 is 4.72 Å². The van der Waals surface area contributed by atoms with E-state index in [0.29, 0.717) is 12.5 Å². The molecule has 2 rings (SSSR count). The van der Waals surface area contributed by atoms with Crippen molar-refractivity contribution in [3.8, 4) is 0 Å². The summed E-state index contributed by atoms with van der Waals surface area (Å²) >= 11 is 1.90. The fourth-order valence-corrected chi connectivity index (χ4v) is 4.35. The minimum atomic E-state index is -3.56. The number of carboxylic acid groups (broad SMARTS) is 1. The Morgan fingerprint density at radius 2 is 2.19 bits per heavy atom. The fourth-order valence-electron chi connectivity index (χ4n) is 2.08. The molecule has 2 N–H and O–H groups in total. The number of rotatable bonds is 7. The summed E-state index contributed by atoms with van der Waals surface area (Å²) in [6.45, 7) is 0.605. The van der Waals surface area contributed by atoms with Crippen LogP contribution in [0.1, 0.15) is 19.3 Å². The number of hydrogen-bond acceptors (Lipinski definition) is 5. The minimum absolute atomic E-state index is 0.0815. The van der Waals surface area contributed by atoms with Crippen molar-refractivity contribution in [2.75, 3.05) is 18.1 Å². The average molecular weight is 333 g/mol. The Bertz CT molecular complexity index is 579. The van der Waals surface area contributed by atoms with Gasteiger partial charge in [-0.3, -0.25) is 9.48 Å². The summed E-state index contributed by atoms with van der Waals surface area (Å²) in [7, 11) is -3.56. The molecule has 0 aliphatic carbocycles. The zero-order valence-electron chi connectivity index (χ0n) is 11.6. The molecular formula is C12H19N3O4S2. The second-order valence-electron chi connectivity index (χ2n) is 4.99.